The average Bonchev–Trinajstić information content (AvgIpc) is 2.71. The lowest BCUT2D eigenvalue weighted by Crippen LogP contribution is -2.41. The van der Waals surface area contributed by atoms with Gasteiger partial charge >= 0.3 is 0 Å². The number of methoxy groups -OCH3 is 1. The third-order valence-electron chi connectivity index (χ3n) is 5.08. The first-order valence-corrected chi connectivity index (χ1v) is 10.2. The number of likely N-dealkylation sites (tertiary alicyclic amines) is 1. The second-order valence-corrected chi connectivity index (χ2v) is 7.34. The zero-order chi connectivity index (χ0) is 20.4. The van der Waals surface area contributed by atoms with Crippen LogP contribution in [0.4, 0.5) is 0 Å². The van der Waals surface area contributed by atoms with E-state index in [-0.39, 0.29) is 35.8 Å². The number of hydrogen-bond donors (Lipinski definition) is 2. The Balaban J connectivity index is 0.00000420. The van der Waals surface area contributed by atoms with Crippen LogP contribution in [0.5, 0.6) is 5.75 Å². The number of guanidine groups is 1. The molecule has 1 aliphatic heterocycles. The molecule has 1 aromatic carbocycles. The van der Waals surface area contributed by atoms with E-state index in [2.05, 4.69) is 34.2 Å². The predicted molar refractivity (Wildman–Crippen MR) is 129 cm³/mol. The van der Waals surface area contributed by atoms with Crippen LogP contribution >= 0.6 is 24.0 Å². The Morgan fingerprint density at radius 2 is 2.10 bits per heavy atom. The van der Waals surface area contributed by atoms with Gasteiger partial charge in [-0.2, -0.15) is 0 Å². The van der Waals surface area contributed by atoms with E-state index in [0.29, 0.717) is 0 Å². The Morgan fingerprint density at radius 3 is 2.72 bits per heavy atom. The van der Waals surface area contributed by atoms with E-state index >= 15 is 0 Å². The highest BCUT2D eigenvalue weighted by atomic mass is 127. The van der Waals surface area contributed by atoms with Gasteiger partial charge in [-0.15, -0.1) is 24.0 Å². The van der Waals surface area contributed by atoms with Crippen molar-refractivity contribution in [1.29, 1.82) is 0 Å². The fourth-order valence-electron chi connectivity index (χ4n) is 3.52. The van der Waals surface area contributed by atoms with Crippen LogP contribution in [-0.4, -0.2) is 68.5 Å². The minimum absolute atomic E-state index is 0. The van der Waals surface area contributed by atoms with E-state index in [1.807, 2.05) is 19.2 Å². The van der Waals surface area contributed by atoms with Crippen LogP contribution in [0.15, 0.2) is 29.3 Å². The highest BCUT2D eigenvalue weighted by Crippen LogP contribution is 2.16. The summed E-state index contributed by atoms with van der Waals surface area (Å²) in [6.07, 6.45) is 2.94. The largest absolute Gasteiger partial charge is 0.497 e. The molecule has 1 aromatic rings. The first kappa shape index (κ1) is 25.5. The highest BCUT2D eigenvalue weighted by Gasteiger charge is 2.23. The first-order valence-electron chi connectivity index (χ1n) is 10.2. The maximum atomic E-state index is 11.4. The van der Waals surface area contributed by atoms with Crippen molar-refractivity contribution in [3.63, 3.8) is 0 Å². The van der Waals surface area contributed by atoms with Crippen molar-refractivity contribution >= 4 is 35.8 Å². The number of piperidine rings is 1. The number of halogens is 1. The van der Waals surface area contributed by atoms with Crippen LogP contribution in [-0.2, 0) is 11.3 Å². The van der Waals surface area contributed by atoms with Gasteiger partial charge in [-0.25, -0.2) is 0 Å². The summed E-state index contributed by atoms with van der Waals surface area (Å²) in [5.74, 6) is 1.61. The molecule has 1 saturated heterocycles. The van der Waals surface area contributed by atoms with E-state index in [0.717, 1.165) is 70.2 Å². The van der Waals surface area contributed by atoms with Crippen molar-refractivity contribution in [2.45, 2.75) is 32.7 Å². The summed E-state index contributed by atoms with van der Waals surface area (Å²) in [7, 11) is 3.73. The molecule has 1 amide bonds. The minimum atomic E-state index is -0.169. The molecule has 3 N–H and O–H groups in total. The molecule has 164 valence electrons. The van der Waals surface area contributed by atoms with Gasteiger partial charge in [0.15, 0.2) is 5.96 Å². The summed E-state index contributed by atoms with van der Waals surface area (Å²) in [4.78, 5) is 20.6. The lowest BCUT2D eigenvalue weighted by Gasteiger charge is -2.30. The summed E-state index contributed by atoms with van der Waals surface area (Å²) in [6, 6.07) is 8.10. The number of ether oxygens (including phenoxy) is 1. The Bertz CT molecular complexity index is 638. The Kier molecular flexibility index (Phi) is 12.0. The zero-order valence-electron chi connectivity index (χ0n) is 17.9. The lowest BCUT2D eigenvalue weighted by molar-refractivity contribution is -0.123. The molecule has 1 unspecified atom stereocenters. The van der Waals surface area contributed by atoms with Crippen molar-refractivity contribution in [2.75, 3.05) is 46.9 Å². The van der Waals surface area contributed by atoms with Crippen LogP contribution in [0, 0.1) is 5.92 Å². The van der Waals surface area contributed by atoms with Gasteiger partial charge < -0.3 is 25.6 Å². The standard InChI is InChI=1S/C21H35N5O2.HI/c1-4-23-21(25(2)15-17-8-10-19(28-3)11-9-17)24-12-6-14-26-13-5-7-18(16-26)20(22)27;/h8-11,18H,4-7,12-16H2,1-3H3,(H2,22,27)(H,23,24);1H. The molecule has 0 radical (unpaired) electrons. The van der Waals surface area contributed by atoms with Gasteiger partial charge in [0.05, 0.1) is 13.0 Å². The van der Waals surface area contributed by atoms with E-state index in [9.17, 15) is 4.79 Å². The van der Waals surface area contributed by atoms with Crippen LogP contribution in [0.1, 0.15) is 31.7 Å². The number of carbonyl (C=O) groups excluding carboxylic acids is 1. The molecule has 0 saturated carbocycles. The molecule has 0 aromatic heterocycles. The number of nitrogens with zero attached hydrogens (tertiary/aromatic N) is 3. The molecule has 29 heavy (non-hydrogen) atoms. The summed E-state index contributed by atoms with van der Waals surface area (Å²) in [6.45, 7) is 7.23. The molecule has 0 spiro atoms. The van der Waals surface area contributed by atoms with Gasteiger partial charge in [-0.05, 0) is 57.0 Å². The SMILES string of the molecule is CCNC(=NCCCN1CCCC(C(N)=O)C1)N(C)Cc1ccc(OC)cc1.I. The summed E-state index contributed by atoms with van der Waals surface area (Å²) in [5.41, 5.74) is 6.67. The Labute approximate surface area is 192 Å². The van der Waals surface area contributed by atoms with Crippen LogP contribution in [0.25, 0.3) is 0 Å². The molecule has 1 fully saturated rings. The first-order chi connectivity index (χ1) is 13.5. The average molecular weight is 517 g/mol. The van der Waals surface area contributed by atoms with Gasteiger partial charge in [0.2, 0.25) is 5.91 Å². The van der Waals surface area contributed by atoms with Gasteiger partial charge in [0, 0.05) is 33.2 Å². The molecule has 8 heteroatoms. The number of primary amides is 1. The number of hydrogen-bond acceptors (Lipinski definition) is 4. The number of aliphatic imine (C=N–C) groups is 1. The molecule has 1 atom stereocenters. The van der Waals surface area contributed by atoms with Crippen molar-refractivity contribution in [1.82, 2.24) is 15.1 Å². The molecule has 2 rings (SSSR count). The third kappa shape index (κ3) is 8.77. The molecule has 7 nitrogen and oxygen atoms in total. The Morgan fingerprint density at radius 1 is 1.38 bits per heavy atom. The number of benzene rings is 1. The van der Waals surface area contributed by atoms with Crippen molar-refractivity contribution in [3.8, 4) is 5.75 Å². The van der Waals surface area contributed by atoms with Gasteiger partial charge in [-0.1, -0.05) is 12.1 Å². The van der Waals surface area contributed by atoms with Gasteiger partial charge in [0.25, 0.3) is 0 Å². The smallest absolute Gasteiger partial charge is 0.221 e. The second-order valence-electron chi connectivity index (χ2n) is 7.34. The van der Waals surface area contributed by atoms with Gasteiger partial charge in [-0.3, -0.25) is 9.79 Å². The zero-order valence-corrected chi connectivity index (χ0v) is 20.2. The fourth-order valence-corrected chi connectivity index (χ4v) is 3.52. The number of nitrogens with one attached hydrogen (secondary N) is 1. The van der Waals surface area contributed by atoms with E-state index in [4.69, 9.17) is 15.5 Å². The Hall–Kier alpha value is -1.55. The van der Waals surface area contributed by atoms with Crippen molar-refractivity contribution in [2.24, 2.45) is 16.6 Å². The molecular weight excluding hydrogens is 481 g/mol. The normalized spacial score (nSPS) is 17.3. The lowest BCUT2D eigenvalue weighted by atomic mass is 9.97. The van der Waals surface area contributed by atoms with Gasteiger partial charge in [0.1, 0.15) is 5.75 Å². The monoisotopic (exact) mass is 517 g/mol. The summed E-state index contributed by atoms with van der Waals surface area (Å²) in [5, 5.41) is 3.36. The molecule has 1 aliphatic rings. The fraction of sp³-hybridized carbons (Fsp3) is 0.619. The van der Waals surface area contributed by atoms with Crippen LogP contribution < -0.4 is 15.8 Å². The third-order valence-corrected chi connectivity index (χ3v) is 5.08. The van der Waals surface area contributed by atoms with Crippen LogP contribution in [0.3, 0.4) is 0 Å². The van der Waals surface area contributed by atoms with E-state index < -0.39 is 0 Å². The summed E-state index contributed by atoms with van der Waals surface area (Å²) >= 11 is 0. The second kappa shape index (κ2) is 13.6. The quantitative estimate of drug-likeness (QED) is 0.227. The molecule has 0 bridgehead atoms. The van der Waals surface area contributed by atoms with Crippen molar-refractivity contribution < 1.29 is 9.53 Å². The van der Waals surface area contributed by atoms with E-state index in [1.54, 1.807) is 7.11 Å². The van der Waals surface area contributed by atoms with Crippen molar-refractivity contribution in [3.05, 3.63) is 29.8 Å². The number of carbonyl (C=O) groups is 1. The van der Waals surface area contributed by atoms with E-state index in [1.165, 1.54) is 5.56 Å². The maximum Gasteiger partial charge on any atom is 0.221 e. The molecular formula is C21H36IN5O2. The number of amides is 1. The van der Waals surface area contributed by atoms with Crippen LogP contribution in [0.2, 0.25) is 0 Å². The number of rotatable bonds is 9. The topological polar surface area (TPSA) is 83.2 Å². The summed E-state index contributed by atoms with van der Waals surface area (Å²) < 4.78 is 5.22. The molecule has 1 heterocycles. The maximum absolute atomic E-state index is 11.4. The number of nitrogens with two attached hydrogens (primary N) is 1. The predicted octanol–water partition coefficient (Wildman–Crippen LogP) is 2.30. The minimum Gasteiger partial charge on any atom is -0.497 e. The molecule has 0 aliphatic carbocycles. The highest BCUT2D eigenvalue weighted by molar-refractivity contribution is 14.0.